The van der Waals surface area contributed by atoms with Crippen LogP contribution in [-0.2, 0) is 9.53 Å². The molecule has 3 unspecified atom stereocenters. The minimum Gasteiger partial charge on any atom is -0.465 e. The first-order chi connectivity index (χ1) is 7.33. The highest BCUT2D eigenvalue weighted by molar-refractivity contribution is 5.75. The molecule has 1 N–H and O–H groups in total. The van der Waals surface area contributed by atoms with Gasteiger partial charge in [0.05, 0.1) is 12.5 Å². The first kappa shape index (κ1) is 10.9. The van der Waals surface area contributed by atoms with E-state index in [0.29, 0.717) is 18.6 Å². The molecule has 0 spiro atoms. The third kappa shape index (κ3) is 2.33. The summed E-state index contributed by atoms with van der Waals surface area (Å²) >= 11 is 0. The second-order valence-corrected chi connectivity index (χ2v) is 4.76. The van der Waals surface area contributed by atoms with E-state index in [4.69, 9.17) is 4.74 Å². The van der Waals surface area contributed by atoms with Gasteiger partial charge in [0.2, 0.25) is 0 Å². The topological polar surface area (TPSA) is 38.3 Å². The minimum absolute atomic E-state index is 0.0396. The predicted octanol–water partition coefficient (Wildman–Crippen LogP) is 1.72. The van der Waals surface area contributed by atoms with Crippen LogP contribution in [-0.4, -0.2) is 25.2 Å². The van der Waals surface area contributed by atoms with Gasteiger partial charge in [-0.3, -0.25) is 4.79 Å². The lowest BCUT2D eigenvalue weighted by atomic mass is 9.74. The Balaban J connectivity index is 1.57. The summed E-state index contributed by atoms with van der Waals surface area (Å²) in [7, 11) is 0. The largest absolute Gasteiger partial charge is 0.465 e. The van der Waals surface area contributed by atoms with Crippen molar-refractivity contribution in [1.82, 2.24) is 5.32 Å². The molecule has 0 amide bonds. The third-order valence-electron chi connectivity index (χ3n) is 3.65. The van der Waals surface area contributed by atoms with Gasteiger partial charge in [-0.05, 0) is 25.3 Å². The van der Waals surface area contributed by atoms with Crippen molar-refractivity contribution in [3.63, 3.8) is 0 Å². The first-order valence-electron chi connectivity index (χ1n) is 6.23. The maximum Gasteiger partial charge on any atom is 0.310 e. The van der Waals surface area contributed by atoms with Crippen LogP contribution in [0, 0.1) is 11.8 Å². The van der Waals surface area contributed by atoms with Crippen molar-refractivity contribution >= 4 is 5.97 Å². The van der Waals surface area contributed by atoms with Crippen molar-refractivity contribution in [2.24, 2.45) is 11.8 Å². The molecule has 0 aromatic heterocycles. The highest BCUT2D eigenvalue weighted by Gasteiger charge is 2.51. The average molecular weight is 211 g/mol. The fraction of sp³-hybridized carbons (Fsp3) is 0.917. The zero-order valence-corrected chi connectivity index (χ0v) is 9.50. The van der Waals surface area contributed by atoms with Crippen molar-refractivity contribution in [2.75, 3.05) is 13.2 Å². The van der Waals surface area contributed by atoms with E-state index in [9.17, 15) is 4.79 Å². The van der Waals surface area contributed by atoms with Gasteiger partial charge < -0.3 is 10.1 Å². The van der Waals surface area contributed by atoms with Crippen LogP contribution < -0.4 is 5.32 Å². The molecule has 3 heteroatoms. The predicted molar refractivity (Wildman–Crippen MR) is 58.5 cm³/mol. The number of esters is 1. The van der Waals surface area contributed by atoms with Crippen molar-refractivity contribution in [3.05, 3.63) is 0 Å². The number of carbonyl (C=O) groups is 1. The van der Waals surface area contributed by atoms with Crippen molar-refractivity contribution < 1.29 is 9.53 Å². The molecule has 3 fully saturated rings. The Kier molecular flexibility index (Phi) is 3.62. The number of carbonyl (C=O) groups excluding carboxylic acids is 1. The Hall–Kier alpha value is -0.570. The van der Waals surface area contributed by atoms with Gasteiger partial charge in [-0.2, -0.15) is 0 Å². The van der Waals surface area contributed by atoms with Crippen LogP contribution in [0.5, 0.6) is 0 Å². The molecule has 3 atom stereocenters. The molecule has 1 aliphatic carbocycles. The maximum absolute atomic E-state index is 11.7. The highest BCUT2D eigenvalue weighted by atomic mass is 16.5. The zero-order valence-electron chi connectivity index (χ0n) is 9.50. The smallest absolute Gasteiger partial charge is 0.310 e. The summed E-state index contributed by atoms with van der Waals surface area (Å²) in [6.45, 7) is 3.82. The molecule has 2 bridgehead atoms. The van der Waals surface area contributed by atoms with Crippen molar-refractivity contribution in [1.29, 1.82) is 0 Å². The van der Waals surface area contributed by atoms with E-state index in [2.05, 4.69) is 12.2 Å². The van der Waals surface area contributed by atoms with E-state index < -0.39 is 0 Å². The van der Waals surface area contributed by atoms with Gasteiger partial charge in [-0.1, -0.05) is 26.2 Å². The van der Waals surface area contributed by atoms with Crippen LogP contribution in [0.25, 0.3) is 0 Å². The summed E-state index contributed by atoms with van der Waals surface area (Å²) in [6, 6.07) is 0.429. The molecule has 3 aliphatic rings. The second-order valence-electron chi connectivity index (χ2n) is 4.76. The quantitative estimate of drug-likeness (QED) is 0.537. The van der Waals surface area contributed by atoms with Crippen LogP contribution in [0.4, 0.5) is 0 Å². The summed E-state index contributed by atoms with van der Waals surface area (Å²) in [4.78, 5) is 11.7. The summed E-state index contributed by atoms with van der Waals surface area (Å²) in [5, 5.41) is 3.33. The van der Waals surface area contributed by atoms with Gasteiger partial charge in [-0.15, -0.1) is 0 Å². The lowest BCUT2D eigenvalue weighted by molar-refractivity contribution is -0.153. The summed E-state index contributed by atoms with van der Waals surface area (Å²) in [5.41, 5.74) is 0. The number of rotatable bonds is 6. The molecule has 2 aliphatic heterocycles. The van der Waals surface area contributed by atoms with E-state index in [1.165, 1.54) is 25.7 Å². The molecule has 2 heterocycles. The summed E-state index contributed by atoms with van der Waals surface area (Å²) in [5.74, 6) is 0.784. The van der Waals surface area contributed by atoms with E-state index >= 15 is 0 Å². The number of hydrogen-bond donors (Lipinski definition) is 1. The van der Waals surface area contributed by atoms with Gasteiger partial charge >= 0.3 is 5.97 Å². The van der Waals surface area contributed by atoms with Gasteiger partial charge in [0.1, 0.15) is 0 Å². The summed E-state index contributed by atoms with van der Waals surface area (Å²) in [6.07, 6.45) is 5.85. The van der Waals surface area contributed by atoms with Crippen LogP contribution in [0.2, 0.25) is 0 Å². The fourth-order valence-electron chi connectivity index (χ4n) is 2.63. The summed E-state index contributed by atoms with van der Waals surface area (Å²) < 4.78 is 5.29. The SMILES string of the molecule is CCCCCCOC(=O)C1C2CNC1C2. The zero-order chi connectivity index (χ0) is 10.7. The molecule has 3 nitrogen and oxygen atoms in total. The monoisotopic (exact) mass is 211 g/mol. The Morgan fingerprint density at radius 1 is 1.40 bits per heavy atom. The normalized spacial score (nSPS) is 32.5. The molecular formula is C12H21NO2. The molecule has 1 saturated carbocycles. The molecule has 0 aromatic rings. The van der Waals surface area contributed by atoms with Gasteiger partial charge in [0, 0.05) is 6.04 Å². The lowest BCUT2D eigenvalue weighted by Crippen LogP contribution is -2.43. The van der Waals surface area contributed by atoms with E-state index in [-0.39, 0.29) is 11.9 Å². The molecule has 3 rings (SSSR count). The van der Waals surface area contributed by atoms with Crippen molar-refractivity contribution in [3.8, 4) is 0 Å². The molecular weight excluding hydrogens is 190 g/mol. The fourth-order valence-corrected chi connectivity index (χ4v) is 2.63. The average Bonchev–Trinajstić information content (AvgIpc) is 2.79. The first-order valence-corrected chi connectivity index (χ1v) is 6.23. The van der Waals surface area contributed by atoms with Crippen LogP contribution >= 0.6 is 0 Å². The van der Waals surface area contributed by atoms with E-state index in [1.807, 2.05) is 0 Å². The maximum atomic E-state index is 11.7. The van der Waals surface area contributed by atoms with Gasteiger partial charge in [0.15, 0.2) is 0 Å². The number of fused-ring (bicyclic) bond motifs is 1. The minimum atomic E-state index is 0.0396. The van der Waals surface area contributed by atoms with E-state index in [1.54, 1.807) is 0 Å². The Bertz CT molecular complexity index is 216. The van der Waals surface area contributed by atoms with Crippen molar-refractivity contribution in [2.45, 2.75) is 45.1 Å². The number of nitrogens with one attached hydrogen (secondary N) is 1. The van der Waals surface area contributed by atoms with Gasteiger partial charge in [0.25, 0.3) is 0 Å². The molecule has 2 saturated heterocycles. The number of unbranched alkanes of at least 4 members (excludes halogenated alkanes) is 3. The molecule has 15 heavy (non-hydrogen) atoms. The molecule has 0 aromatic carbocycles. The van der Waals surface area contributed by atoms with Crippen LogP contribution in [0.15, 0.2) is 0 Å². The van der Waals surface area contributed by atoms with Gasteiger partial charge in [-0.25, -0.2) is 0 Å². The Labute approximate surface area is 91.6 Å². The number of ether oxygens (including phenoxy) is 1. The van der Waals surface area contributed by atoms with Crippen LogP contribution in [0.1, 0.15) is 39.0 Å². The van der Waals surface area contributed by atoms with E-state index in [0.717, 1.165) is 13.0 Å². The number of hydrogen-bond acceptors (Lipinski definition) is 3. The molecule has 0 radical (unpaired) electrons. The lowest BCUT2D eigenvalue weighted by Gasteiger charge is -2.32. The third-order valence-corrected chi connectivity index (χ3v) is 3.65. The van der Waals surface area contributed by atoms with Crippen LogP contribution in [0.3, 0.4) is 0 Å². The highest BCUT2D eigenvalue weighted by Crippen LogP contribution is 2.40. The second kappa shape index (κ2) is 4.97. The standard InChI is InChI=1S/C12H21NO2/c1-2-3-4-5-6-15-12(14)11-9-7-10(11)13-8-9/h9-11,13H,2-8H2,1H3. The Morgan fingerprint density at radius 3 is 2.87 bits per heavy atom. The Morgan fingerprint density at radius 2 is 2.27 bits per heavy atom. The molecule has 86 valence electrons.